The van der Waals surface area contributed by atoms with Crippen molar-refractivity contribution in [2.45, 2.75) is 12.5 Å². The molecule has 3 unspecified atom stereocenters. The molecule has 0 aromatic carbocycles. The Bertz CT molecular complexity index is 194. The molecule has 2 rings (SSSR count). The minimum Gasteiger partial charge on any atom is -0.465 e. The van der Waals surface area contributed by atoms with Crippen molar-refractivity contribution in [3.63, 3.8) is 0 Å². The smallest absolute Gasteiger partial charge is 0.407 e. The fourth-order valence-corrected chi connectivity index (χ4v) is 2.03. The van der Waals surface area contributed by atoms with Gasteiger partial charge in [0.25, 0.3) is 0 Å². The van der Waals surface area contributed by atoms with Crippen molar-refractivity contribution in [3.8, 4) is 0 Å². The van der Waals surface area contributed by atoms with Crippen LogP contribution >= 0.6 is 0 Å². The number of fused-ring (bicyclic) bond motifs is 1. The quantitative estimate of drug-likeness (QED) is 0.562. The zero-order valence-corrected chi connectivity index (χ0v) is 6.10. The van der Waals surface area contributed by atoms with Crippen molar-refractivity contribution in [2.24, 2.45) is 11.8 Å². The molecular weight excluding hydrogens is 146 g/mol. The summed E-state index contributed by atoms with van der Waals surface area (Å²) >= 11 is 0. The van der Waals surface area contributed by atoms with E-state index in [1.165, 1.54) is 4.90 Å². The molecular formula is C7H11NO3. The average Bonchev–Trinajstić information content (AvgIpc) is 2.63. The lowest BCUT2D eigenvalue weighted by atomic mass is 10.2. The van der Waals surface area contributed by atoms with Crippen LogP contribution in [0.3, 0.4) is 0 Å². The molecule has 1 saturated carbocycles. The molecule has 1 saturated heterocycles. The second-order valence-electron chi connectivity index (χ2n) is 3.34. The van der Waals surface area contributed by atoms with Gasteiger partial charge in [-0.3, -0.25) is 0 Å². The Morgan fingerprint density at radius 1 is 1.64 bits per heavy atom. The Hall–Kier alpha value is -0.770. The van der Waals surface area contributed by atoms with E-state index in [2.05, 4.69) is 0 Å². The fraction of sp³-hybridized carbons (Fsp3) is 0.857. The molecule has 1 amide bonds. The molecule has 2 N–H and O–H groups in total. The van der Waals surface area contributed by atoms with Gasteiger partial charge in [0, 0.05) is 6.54 Å². The molecule has 2 fully saturated rings. The maximum absolute atomic E-state index is 10.6. The number of likely N-dealkylation sites (tertiary alicyclic amines) is 1. The van der Waals surface area contributed by atoms with E-state index < -0.39 is 6.09 Å². The molecule has 4 heteroatoms. The number of hydrogen-bond acceptors (Lipinski definition) is 2. The van der Waals surface area contributed by atoms with Crippen LogP contribution in [0.1, 0.15) is 6.42 Å². The van der Waals surface area contributed by atoms with Gasteiger partial charge < -0.3 is 15.1 Å². The second kappa shape index (κ2) is 2.11. The number of piperidine rings is 1. The highest BCUT2D eigenvalue weighted by Crippen LogP contribution is 2.49. The highest BCUT2D eigenvalue weighted by molar-refractivity contribution is 5.66. The molecule has 0 radical (unpaired) electrons. The molecule has 0 aromatic heterocycles. The van der Waals surface area contributed by atoms with Crippen molar-refractivity contribution >= 4 is 6.09 Å². The summed E-state index contributed by atoms with van der Waals surface area (Å²) in [4.78, 5) is 11.9. The number of aliphatic hydroxyl groups excluding tert-OH is 1. The van der Waals surface area contributed by atoms with E-state index in [4.69, 9.17) is 10.2 Å². The lowest BCUT2D eigenvalue weighted by molar-refractivity contribution is 0.106. The first-order valence-corrected chi connectivity index (χ1v) is 3.84. The van der Waals surface area contributed by atoms with Crippen molar-refractivity contribution in [1.29, 1.82) is 0 Å². The van der Waals surface area contributed by atoms with Gasteiger partial charge in [-0.15, -0.1) is 0 Å². The molecule has 2 aliphatic rings. The maximum atomic E-state index is 10.6. The molecule has 4 nitrogen and oxygen atoms in total. The van der Waals surface area contributed by atoms with Crippen LogP contribution in [0.5, 0.6) is 0 Å². The number of nitrogens with zero attached hydrogens (tertiary/aromatic N) is 1. The molecule has 0 aromatic rings. The van der Waals surface area contributed by atoms with Crippen LogP contribution in [0, 0.1) is 11.8 Å². The normalized spacial score (nSPS) is 40.5. The minimum absolute atomic E-state index is 0.0204. The van der Waals surface area contributed by atoms with Crippen molar-refractivity contribution in [3.05, 3.63) is 0 Å². The monoisotopic (exact) mass is 157 g/mol. The summed E-state index contributed by atoms with van der Waals surface area (Å²) in [5.74, 6) is 0.999. The van der Waals surface area contributed by atoms with E-state index in [1.807, 2.05) is 0 Å². The third-order valence-electron chi connectivity index (χ3n) is 2.74. The van der Waals surface area contributed by atoms with E-state index in [-0.39, 0.29) is 12.6 Å². The van der Waals surface area contributed by atoms with E-state index >= 15 is 0 Å². The van der Waals surface area contributed by atoms with Gasteiger partial charge in [0.15, 0.2) is 0 Å². The summed E-state index contributed by atoms with van der Waals surface area (Å²) in [6, 6.07) is -0.113. The Morgan fingerprint density at radius 2 is 2.36 bits per heavy atom. The van der Waals surface area contributed by atoms with Crippen LogP contribution in [-0.2, 0) is 0 Å². The molecule has 11 heavy (non-hydrogen) atoms. The third-order valence-corrected chi connectivity index (χ3v) is 2.74. The third kappa shape index (κ3) is 0.894. The van der Waals surface area contributed by atoms with Gasteiger partial charge in [0.05, 0.1) is 12.6 Å². The van der Waals surface area contributed by atoms with Gasteiger partial charge in [-0.05, 0) is 18.3 Å². The minimum atomic E-state index is -0.892. The van der Waals surface area contributed by atoms with Crippen LogP contribution in [0.25, 0.3) is 0 Å². The summed E-state index contributed by atoms with van der Waals surface area (Å²) in [7, 11) is 0. The first kappa shape index (κ1) is 6.91. The number of aliphatic hydroxyl groups is 1. The van der Waals surface area contributed by atoms with Crippen LogP contribution in [0.4, 0.5) is 4.79 Å². The summed E-state index contributed by atoms with van der Waals surface area (Å²) < 4.78 is 0. The number of hydrogen-bond donors (Lipinski definition) is 2. The standard InChI is InChI=1S/C7H11NO3/c9-3-6-5-1-4(5)2-8(6)7(10)11/h4-6,9H,1-3H2,(H,10,11). The highest BCUT2D eigenvalue weighted by Gasteiger charge is 2.53. The van der Waals surface area contributed by atoms with Crippen LogP contribution in [0.2, 0.25) is 0 Å². The number of carboxylic acid groups (broad SMARTS) is 1. The highest BCUT2D eigenvalue weighted by atomic mass is 16.4. The average molecular weight is 157 g/mol. The fourth-order valence-electron chi connectivity index (χ4n) is 2.03. The van der Waals surface area contributed by atoms with Gasteiger partial charge in [0.2, 0.25) is 0 Å². The zero-order valence-electron chi connectivity index (χ0n) is 6.10. The Labute approximate surface area is 64.4 Å². The molecule has 1 aliphatic heterocycles. The Kier molecular flexibility index (Phi) is 1.32. The molecule has 0 bridgehead atoms. The van der Waals surface area contributed by atoms with Crippen molar-refractivity contribution in [1.82, 2.24) is 4.90 Å². The van der Waals surface area contributed by atoms with Gasteiger partial charge >= 0.3 is 6.09 Å². The summed E-state index contributed by atoms with van der Waals surface area (Å²) in [6.07, 6.45) is 0.214. The lowest BCUT2D eigenvalue weighted by Gasteiger charge is -2.22. The molecule has 62 valence electrons. The second-order valence-corrected chi connectivity index (χ2v) is 3.34. The summed E-state index contributed by atoms with van der Waals surface area (Å²) in [6.45, 7) is 0.610. The molecule has 3 atom stereocenters. The SMILES string of the molecule is O=C(O)N1CC2CC2C1CO. The van der Waals surface area contributed by atoms with Gasteiger partial charge in [0.1, 0.15) is 0 Å². The predicted molar refractivity (Wildman–Crippen MR) is 37.2 cm³/mol. The number of rotatable bonds is 1. The summed E-state index contributed by atoms with van der Waals surface area (Å²) in [5, 5.41) is 17.5. The van der Waals surface area contributed by atoms with E-state index in [1.54, 1.807) is 0 Å². The first-order valence-electron chi connectivity index (χ1n) is 3.84. The zero-order chi connectivity index (χ0) is 8.01. The van der Waals surface area contributed by atoms with Gasteiger partial charge in [-0.25, -0.2) is 4.79 Å². The van der Waals surface area contributed by atoms with E-state index in [0.717, 1.165) is 6.42 Å². The van der Waals surface area contributed by atoms with E-state index in [9.17, 15) is 4.79 Å². The predicted octanol–water partition coefficient (Wildman–Crippen LogP) is -0.0230. The summed E-state index contributed by atoms with van der Waals surface area (Å²) in [5.41, 5.74) is 0. The van der Waals surface area contributed by atoms with Crippen LogP contribution in [0.15, 0.2) is 0 Å². The lowest BCUT2D eigenvalue weighted by Crippen LogP contribution is -2.39. The molecule has 1 heterocycles. The largest absolute Gasteiger partial charge is 0.465 e. The van der Waals surface area contributed by atoms with Crippen molar-refractivity contribution in [2.75, 3.05) is 13.2 Å². The number of carbonyl (C=O) groups is 1. The molecule has 1 aliphatic carbocycles. The van der Waals surface area contributed by atoms with E-state index in [0.29, 0.717) is 18.4 Å². The van der Waals surface area contributed by atoms with Crippen LogP contribution < -0.4 is 0 Å². The first-order chi connectivity index (χ1) is 5.24. The number of amides is 1. The molecule has 0 spiro atoms. The Morgan fingerprint density at radius 3 is 2.82 bits per heavy atom. The maximum Gasteiger partial charge on any atom is 0.407 e. The van der Waals surface area contributed by atoms with Crippen LogP contribution in [-0.4, -0.2) is 40.4 Å². The van der Waals surface area contributed by atoms with Crippen molar-refractivity contribution < 1.29 is 15.0 Å². The van der Waals surface area contributed by atoms with Gasteiger partial charge in [-0.2, -0.15) is 0 Å². The Balaban J connectivity index is 2.06. The van der Waals surface area contributed by atoms with Gasteiger partial charge in [-0.1, -0.05) is 0 Å². The topological polar surface area (TPSA) is 60.8 Å².